The standard InChI is InChI=1S/C20H27FN4O3/c1-13(2)10-20(3,22)12-28-17-6-5-15(24-16(17)11-21)14-7-8-23-18(9-14)25-19(26)27-4/h5-9,13H,10-12,22H2,1-4H3,(H,23,25,26). The number of nitrogens with two attached hydrogens (primary N) is 1. The minimum atomic E-state index is -0.771. The number of pyridine rings is 2. The molecule has 0 spiro atoms. The van der Waals surface area contributed by atoms with Crippen molar-refractivity contribution in [3.05, 3.63) is 36.2 Å². The Kier molecular flexibility index (Phi) is 7.28. The number of halogens is 1. The largest absolute Gasteiger partial charge is 0.490 e. The van der Waals surface area contributed by atoms with Gasteiger partial charge in [0.05, 0.1) is 12.8 Å². The molecule has 0 aliphatic heterocycles. The van der Waals surface area contributed by atoms with E-state index in [1.54, 1.807) is 24.3 Å². The van der Waals surface area contributed by atoms with Gasteiger partial charge in [-0.3, -0.25) is 5.32 Å². The first-order valence-corrected chi connectivity index (χ1v) is 9.03. The smallest absolute Gasteiger partial charge is 0.412 e. The minimum absolute atomic E-state index is 0.192. The van der Waals surface area contributed by atoms with Gasteiger partial charge in [-0.15, -0.1) is 0 Å². The Labute approximate surface area is 164 Å². The van der Waals surface area contributed by atoms with E-state index < -0.39 is 18.3 Å². The monoisotopic (exact) mass is 390 g/mol. The third kappa shape index (κ3) is 6.16. The average molecular weight is 390 g/mol. The van der Waals surface area contributed by atoms with Gasteiger partial charge in [0.15, 0.2) is 0 Å². The fourth-order valence-electron chi connectivity index (χ4n) is 2.92. The number of methoxy groups -OCH3 is 1. The summed E-state index contributed by atoms with van der Waals surface area (Å²) in [6.07, 6.45) is 1.68. The molecule has 0 radical (unpaired) electrons. The minimum Gasteiger partial charge on any atom is -0.490 e. The maximum Gasteiger partial charge on any atom is 0.412 e. The van der Waals surface area contributed by atoms with Crippen LogP contribution < -0.4 is 15.8 Å². The SMILES string of the molecule is COC(=O)Nc1cc(-c2ccc(OCC(C)(N)CC(C)C)c(CF)n2)ccn1. The predicted octanol–water partition coefficient (Wildman–Crippen LogP) is 3.93. The van der Waals surface area contributed by atoms with Crippen LogP contribution in [0.1, 0.15) is 32.9 Å². The summed E-state index contributed by atoms with van der Waals surface area (Å²) in [7, 11) is 1.26. The van der Waals surface area contributed by atoms with Gasteiger partial charge in [-0.2, -0.15) is 0 Å². The number of alkyl halides is 1. The van der Waals surface area contributed by atoms with Gasteiger partial charge in [-0.05, 0) is 43.5 Å². The van der Waals surface area contributed by atoms with Crippen LogP contribution in [0.3, 0.4) is 0 Å². The number of carbonyl (C=O) groups is 1. The second-order valence-electron chi connectivity index (χ2n) is 7.36. The molecule has 0 aliphatic rings. The molecule has 1 amide bonds. The van der Waals surface area contributed by atoms with Crippen LogP contribution in [0.2, 0.25) is 0 Å². The molecular weight excluding hydrogens is 363 g/mol. The summed E-state index contributed by atoms with van der Waals surface area (Å²) in [6.45, 7) is 5.59. The van der Waals surface area contributed by atoms with E-state index in [0.29, 0.717) is 28.7 Å². The molecule has 7 nitrogen and oxygen atoms in total. The number of nitrogens with zero attached hydrogens (tertiary/aromatic N) is 2. The topological polar surface area (TPSA) is 99.4 Å². The van der Waals surface area contributed by atoms with E-state index in [9.17, 15) is 9.18 Å². The van der Waals surface area contributed by atoms with Gasteiger partial charge in [0, 0.05) is 17.3 Å². The molecule has 1 unspecified atom stereocenters. The van der Waals surface area contributed by atoms with Crippen LogP contribution in [0.25, 0.3) is 11.3 Å². The number of hydrogen-bond donors (Lipinski definition) is 2. The van der Waals surface area contributed by atoms with E-state index in [1.165, 1.54) is 13.3 Å². The van der Waals surface area contributed by atoms with Crippen LogP contribution in [0.5, 0.6) is 5.75 Å². The zero-order valence-corrected chi connectivity index (χ0v) is 16.7. The Balaban J connectivity index is 2.19. The van der Waals surface area contributed by atoms with Crippen LogP contribution in [0.4, 0.5) is 15.0 Å². The summed E-state index contributed by atoms with van der Waals surface area (Å²) in [4.78, 5) is 19.7. The third-order valence-electron chi connectivity index (χ3n) is 3.96. The first-order chi connectivity index (χ1) is 13.2. The molecule has 2 rings (SSSR count). The van der Waals surface area contributed by atoms with Crippen molar-refractivity contribution in [1.82, 2.24) is 9.97 Å². The van der Waals surface area contributed by atoms with Crippen LogP contribution in [0, 0.1) is 5.92 Å². The molecule has 2 aromatic heterocycles. The Morgan fingerprint density at radius 3 is 2.75 bits per heavy atom. The molecule has 3 N–H and O–H groups in total. The van der Waals surface area contributed by atoms with E-state index in [4.69, 9.17) is 10.5 Å². The first-order valence-electron chi connectivity index (χ1n) is 9.03. The van der Waals surface area contributed by atoms with Crippen LogP contribution >= 0.6 is 0 Å². The predicted molar refractivity (Wildman–Crippen MR) is 106 cm³/mol. The lowest BCUT2D eigenvalue weighted by molar-refractivity contribution is 0.187. The van der Waals surface area contributed by atoms with Crippen molar-refractivity contribution in [2.45, 2.75) is 39.4 Å². The van der Waals surface area contributed by atoms with E-state index in [0.717, 1.165) is 6.42 Å². The van der Waals surface area contributed by atoms with E-state index in [2.05, 4.69) is 33.9 Å². The van der Waals surface area contributed by atoms with Crippen LogP contribution in [-0.4, -0.2) is 35.3 Å². The molecule has 2 aromatic rings. The van der Waals surface area contributed by atoms with Crippen LogP contribution in [-0.2, 0) is 11.4 Å². The summed E-state index contributed by atoms with van der Waals surface area (Å²) in [5, 5.41) is 2.48. The van der Waals surface area contributed by atoms with Gasteiger partial charge in [0.2, 0.25) is 0 Å². The van der Waals surface area contributed by atoms with Gasteiger partial charge in [0.25, 0.3) is 0 Å². The highest BCUT2D eigenvalue weighted by Gasteiger charge is 2.22. The van der Waals surface area contributed by atoms with Crippen molar-refractivity contribution in [2.24, 2.45) is 11.7 Å². The Bertz CT molecular complexity index is 812. The fourth-order valence-corrected chi connectivity index (χ4v) is 2.92. The zero-order chi connectivity index (χ0) is 20.7. The van der Waals surface area contributed by atoms with Gasteiger partial charge < -0.3 is 15.2 Å². The van der Waals surface area contributed by atoms with Gasteiger partial charge in [0.1, 0.15) is 30.5 Å². The molecule has 1 atom stereocenters. The summed E-state index contributed by atoms with van der Waals surface area (Å²) >= 11 is 0. The van der Waals surface area contributed by atoms with Crippen molar-refractivity contribution >= 4 is 11.9 Å². The molecular formula is C20H27FN4O3. The molecule has 0 bridgehead atoms. The Hall–Kier alpha value is -2.74. The quantitative estimate of drug-likeness (QED) is 0.708. The number of amides is 1. The third-order valence-corrected chi connectivity index (χ3v) is 3.96. The summed E-state index contributed by atoms with van der Waals surface area (Å²) in [5.74, 6) is 1.11. The number of anilines is 1. The molecule has 0 fully saturated rings. The maximum atomic E-state index is 13.5. The van der Waals surface area contributed by atoms with Crippen molar-refractivity contribution in [2.75, 3.05) is 19.0 Å². The molecule has 152 valence electrons. The highest BCUT2D eigenvalue weighted by Crippen LogP contribution is 2.26. The highest BCUT2D eigenvalue weighted by atomic mass is 19.1. The van der Waals surface area contributed by atoms with Gasteiger partial charge in [-0.25, -0.2) is 19.2 Å². The number of nitrogens with one attached hydrogen (secondary N) is 1. The lowest BCUT2D eigenvalue weighted by Gasteiger charge is -2.27. The first kappa shape index (κ1) is 21.6. The van der Waals surface area contributed by atoms with Crippen molar-refractivity contribution in [3.8, 4) is 17.0 Å². The van der Waals surface area contributed by atoms with Gasteiger partial charge in [-0.1, -0.05) is 13.8 Å². The summed E-state index contributed by atoms with van der Waals surface area (Å²) in [6, 6.07) is 6.74. The Morgan fingerprint density at radius 1 is 1.36 bits per heavy atom. The number of aromatic nitrogens is 2. The Morgan fingerprint density at radius 2 is 2.11 bits per heavy atom. The van der Waals surface area contributed by atoms with E-state index >= 15 is 0 Å². The lowest BCUT2D eigenvalue weighted by Crippen LogP contribution is -2.43. The second kappa shape index (κ2) is 9.45. The number of carbonyl (C=O) groups excluding carboxylic acids is 1. The van der Waals surface area contributed by atoms with Crippen molar-refractivity contribution in [3.63, 3.8) is 0 Å². The molecule has 0 saturated heterocycles. The fraction of sp³-hybridized carbons (Fsp3) is 0.450. The molecule has 0 saturated carbocycles. The number of ether oxygens (including phenoxy) is 2. The normalized spacial score (nSPS) is 13.1. The summed E-state index contributed by atoms with van der Waals surface area (Å²) < 4.78 is 23.9. The van der Waals surface area contributed by atoms with E-state index in [-0.39, 0.29) is 12.3 Å². The highest BCUT2D eigenvalue weighted by molar-refractivity contribution is 5.84. The van der Waals surface area contributed by atoms with Crippen LogP contribution in [0.15, 0.2) is 30.5 Å². The molecule has 0 aliphatic carbocycles. The average Bonchev–Trinajstić information content (AvgIpc) is 2.65. The molecule has 28 heavy (non-hydrogen) atoms. The second-order valence-corrected chi connectivity index (χ2v) is 7.36. The van der Waals surface area contributed by atoms with Gasteiger partial charge >= 0.3 is 6.09 Å². The lowest BCUT2D eigenvalue weighted by atomic mass is 9.93. The summed E-state index contributed by atoms with van der Waals surface area (Å²) in [5.41, 5.74) is 7.14. The van der Waals surface area contributed by atoms with Crippen molar-refractivity contribution < 1.29 is 18.7 Å². The maximum absolute atomic E-state index is 13.5. The van der Waals surface area contributed by atoms with Crippen molar-refractivity contribution in [1.29, 1.82) is 0 Å². The molecule has 2 heterocycles. The molecule has 8 heteroatoms. The van der Waals surface area contributed by atoms with E-state index in [1.807, 2.05) is 6.92 Å². The number of hydrogen-bond acceptors (Lipinski definition) is 6. The number of rotatable bonds is 8. The zero-order valence-electron chi connectivity index (χ0n) is 16.7. The molecule has 0 aromatic carbocycles.